The van der Waals surface area contributed by atoms with Gasteiger partial charge in [-0.1, -0.05) is 18.9 Å². The van der Waals surface area contributed by atoms with Crippen LogP contribution in [-0.4, -0.2) is 22.9 Å². The maximum absolute atomic E-state index is 12.5. The van der Waals surface area contributed by atoms with Crippen LogP contribution in [0.5, 0.6) is 0 Å². The Bertz CT molecular complexity index is 656. The summed E-state index contributed by atoms with van der Waals surface area (Å²) >= 11 is 0. The first-order chi connectivity index (χ1) is 11.0. The molecule has 0 spiro atoms. The summed E-state index contributed by atoms with van der Waals surface area (Å²) in [4.78, 5) is 35.2. The Morgan fingerprint density at radius 2 is 1.87 bits per heavy atom. The zero-order valence-corrected chi connectivity index (χ0v) is 12.8. The van der Waals surface area contributed by atoms with Crippen LogP contribution >= 0.6 is 0 Å². The van der Waals surface area contributed by atoms with E-state index in [-0.39, 0.29) is 11.8 Å². The predicted molar refractivity (Wildman–Crippen MR) is 85.1 cm³/mol. The molecule has 2 atom stereocenters. The van der Waals surface area contributed by atoms with E-state index in [1.807, 2.05) is 6.07 Å². The van der Waals surface area contributed by atoms with Gasteiger partial charge in [0.1, 0.15) is 0 Å². The summed E-state index contributed by atoms with van der Waals surface area (Å²) in [6, 6.07) is 5.43. The van der Waals surface area contributed by atoms with Gasteiger partial charge in [0.2, 0.25) is 11.8 Å². The molecular weight excluding hydrogens is 296 g/mol. The van der Waals surface area contributed by atoms with Crippen molar-refractivity contribution < 1.29 is 19.5 Å². The Kier molecular flexibility index (Phi) is 4.32. The largest absolute Gasteiger partial charge is 0.481 e. The Balaban J connectivity index is 1.73. The van der Waals surface area contributed by atoms with Gasteiger partial charge in [-0.25, -0.2) is 0 Å². The Morgan fingerprint density at radius 1 is 1.13 bits per heavy atom. The van der Waals surface area contributed by atoms with Crippen LogP contribution < -0.4 is 10.6 Å². The minimum Gasteiger partial charge on any atom is -0.481 e. The van der Waals surface area contributed by atoms with Crippen molar-refractivity contribution in [2.75, 3.05) is 10.6 Å². The minimum absolute atomic E-state index is 0.0285. The van der Waals surface area contributed by atoms with E-state index in [9.17, 15) is 19.5 Å². The minimum atomic E-state index is -0.900. The number of nitrogens with one attached hydrogen (secondary N) is 2. The highest BCUT2D eigenvalue weighted by atomic mass is 16.4. The summed E-state index contributed by atoms with van der Waals surface area (Å²) in [7, 11) is 0. The summed E-state index contributed by atoms with van der Waals surface area (Å²) in [5.74, 6) is -2.28. The van der Waals surface area contributed by atoms with Gasteiger partial charge in [0.05, 0.1) is 11.8 Å². The molecule has 1 heterocycles. The molecule has 2 aliphatic rings. The number of hydrogen-bond acceptors (Lipinski definition) is 3. The summed E-state index contributed by atoms with van der Waals surface area (Å²) in [5, 5.41) is 14.9. The van der Waals surface area contributed by atoms with Gasteiger partial charge < -0.3 is 15.7 Å². The van der Waals surface area contributed by atoms with E-state index in [1.54, 1.807) is 12.1 Å². The number of rotatable bonds is 3. The lowest BCUT2D eigenvalue weighted by molar-refractivity contribution is -0.147. The SMILES string of the molecule is O=C1CCc2ccc(NC(=O)[C@H]3CCCC[C@@H]3C(=O)O)cc2N1. The number of benzene rings is 1. The van der Waals surface area contributed by atoms with E-state index < -0.39 is 17.8 Å². The molecule has 2 amide bonds. The van der Waals surface area contributed by atoms with E-state index in [1.165, 1.54) is 0 Å². The van der Waals surface area contributed by atoms with Gasteiger partial charge in [-0.3, -0.25) is 14.4 Å². The topological polar surface area (TPSA) is 95.5 Å². The zero-order valence-electron chi connectivity index (χ0n) is 12.8. The second-order valence-corrected chi connectivity index (χ2v) is 6.25. The predicted octanol–water partition coefficient (Wildman–Crippen LogP) is 2.40. The molecule has 1 aliphatic carbocycles. The molecule has 6 nitrogen and oxygen atoms in total. The lowest BCUT2D eigenvalue weighted by atomic mass is 9.78. The number of aliphatic carboxylic acids is 1. The normalized spacial score (nSPS) is 23.6. The fourth-order valence-corrected chi connectivity index (χ4v) is 3.42. The molecule has 1 fully saturated rings. The Hall–Kier alpha value is -2.37. The highest BCUT2D eigenvalue weighted by Crippen LogP contribution is 2.32. The number of fused-ring (bicyclic) bond motifs is 1. The van der Waals surface area contributed by atoms with Crippen LogP contribution in [0.15, 0.2) is 18.2 Å². The number of aryl methyl sites for hydroxylation is 1. The Morgan fingerprint density at radius 3 is 2.61 bits per heavy atom. The molecule has 23 heavy (non-hydrogen) atoms. The average molecular weight is 316 g/mol. The van der Waals surface area contributed by atoms with Gasteiger partial charge in [-0.15, -0.1) is 0 Å². The van der Waals surface area contributed by atoms with E-state index in [0.29, 0.717) is 31.4 Å². The molecule has 6 heteroatoms. The lowest BCUT2D eigenvalue weighted by Crippen LogP contribution is -2.36. The lowest BCUT2D eigenvalue weighted by Gasteiger charge is -2.27. The van der Waals surface area contributed by atoms with Crippen LogP contribution in [-0.2, 0) is 20.8 Å². The first-order valence-corrected chi connectivity index (χ1v) is 8.01. The van der Waals surface area contributed by atoms with E-state index in [4.69, 9.17) is 0 Å². The average Bonchev–Trinajstić information content (AvgIpc) is 2.54. The van der Waals surface area contributed by atoms with Crippen LogP contribution in [0.1, 0.15) is 37.7 Å². The summed E-state index contributed by atoms with van der Waals surface area (Å²) in [6.45, 7) is 0. The number of carbonyl (C=O) groups is 3. The third-order valence-corrected chi connectivity index (χ3v) is 4.69. The van der Waals surface area contributed by atoms with Gasteiger partial charge in [0.25, 0.3) is 0 Å². The summed E-state index contributed by atoms with van der Waals surface area (Å²) < 4.78 is 0. The van der Waals surface area contributed by atoms with Crippen molar-refractivity contribution >= 4 is 29.2 Å². The fraction of sp³-hybridized carbons (Fsp3) is 0.471. The molecule has 0 saturated heterocycles. The van der Waals surface area contributed by atoms with Crippen LogP contribution in [0.4, 0.5) is 11.4 Å². The van der Waals surface area contributed by atoms with Gasteiger partial charge in [-0.05, 0) is 37.0 Å². The maximum atomic E-state index is 12.5. The molecule has 0 radical (unpaired) electrons. The zero-order chi connectivity index (χ0) is 16.4. The van der Waals surface area contributed by atoms with Crippen molar-refractivity contribution in [1.29, 1.82) is 0 Å². The number of anilines is 2. The first kappa shape index (κ1) is 15.5. The summed E-state index contributed by atoms with van der Waals surface area (Å²) in [5.41, 5.74) is 2.35. The van der Waals surface area contributed by atoms with Gasteiger partial charge in [0, 0.05) is 17.8 Å². The first-order valence-electron chi connectivity index (χ1n) is 8.01. The van der Waals surface area contributed by atoms with Crippen molar-refractivity contribution in [2.45, 2.75) is 38.5 Å². The molecule has 3 rings (SSSR count). The molecule has 0 unspecified atom stereocenters. The van der Waals surface area contributed by atoms with Crippen molar-refractivity contribution in [3.8, 4) is 0 Å². The van der Waals surface area contributed by atoms with Crippen molar-refractivity contribution in [3.63, 3.8) is 0 Å². The molecule has 1 aromatic carbocycles. The number of carboxylic acid groups (broad SMARTS) is 1. The van der Waals surface area contributed by atoms with E-state index in [2.05, 4.69) is 10.6 Å². The highest BCUT2D eigenvalue weighted by molar-refractivity contribution is 5.98. The number of carbonyl (C=O) groups excluding carboxylic acids is 2. The quantitative estimate of drug-likeness (QED) is 0.798. The van der Waals surface area contributed by atoms with Crippen molar-refractivity contribution in [1.82, 2.24) is 0 Å². The van der Waals surface area contributed by atoms with Crippen LogP contribution in [0.3, 0.4) is 0 Å². The number of amides is 2. The monoisotopic (exact) mass is 316 g/mol. The van der Waals surface area contributed by atoms with E-state index >= 15 is 0 Å². The molecule has 0 bridgehead atoms. The third kappa shape index (κ3) is 3.36. The van der Waals surface area contributed by atoms with Crippen LogP contribution in [0.25, 0.3) is 0 Å². The molecular formula is C17H20N2O4. The third-order valence-electron chi connectivity index (χ3n) is 4.69. The second-order valence-electron chi connectivity index (χ2n) is 6.25. The van der Waals surface area contributed by atoms with Crippen LogP contribution in [0, 0.1) is 11.8 Å². The smallest absolute Gasteiger partial charge is 0.307 e. The Labute approximate surface area is 134 Å². The van der Waals surface area contributed by atoms with E-state index in [0.717, 1.165) is 24.1 Å². The van der Waals surface area contributed by atoms with Gasteiger partial charge >= 0.3 is 5.97 Å². The van der Waals surface area contributed by atoms with Gasteiger partial charge in [0.15, 0.2) is 0 Å². The standard InChI is InChI=1S/C17H20N2O4/c20-15-8-6-10-5-7-11(9-14(10)19-15)18-16(21)12-3-1-2-4-13(12)17(22)23/h5,7,9,12-13H,1-4,6,8H2,(H,18,21)(H,19,20)(H,22,23)/t12-,13-/m0/s1. The van der Waals surface area contributed by atoms with Crippen molar-refractivity contribution in [3.05, 3.63) is 23.8 Å². The highest BCUT2D eigenvalue weighted by Gasteiger charge is 2.35. The molecule has 1 saturated carbocycles. The molecule has 3 N–H and O–H groups in total. The van der Waals surface area contributed by atoms with Crippen LogP contribution in [0.2, 0.25) is 0 Å². The maximum Gasteiger partial charge on any atom is 0.307 e. The second kappa shape index (κ2) is 6.40. The molecule has 1 aromatic rings. The molecule has 1 aliphatic heterocycles. The summed E-state index contributed by atoms with van der Waals surface area (Å²) in [6.07, 6.45) is 4.05. The number of hydrogen-bond donors (Lipinski definition) is 3. The van der Waals surface area contributed by atoms with Crippen molar-refractivity contribution in [2.24, 2.45) is 11.8 Å². The fourth-order valence-electron chi connectivity index (χ4n) is 3.42. The molecule has 122 valence electrons. The van der Waals surface area contributed by atoms with Gasteiger partial charge in [-0.2, -0.15) is 0 Å². The molecule has 0 aromatic heterocycles. The number of carboxylic acids is 1.